The largest absolute Gasteiger partial charge is 0.322 e. The lowest BCUT2D eigenvalue weighted by Gasteiger charge is -2.25. The maximum absolute atomic E-state index is 13.1. The van der Waals surface area contributed by atoms with Crippen LogP contribution < -0.4 is 10.6 Å². The van der Waals surface area contributed by atoms with Crippen molar-refractivity contribution in [1.82, 2.24) is 15.1 Å². The summed E-state index contributed by atoms with van der Waals surface area (Å²) in [5.41, 5.74) is 5.90. The van der Waals surface area contributed by atoms with Crippen LogP contribution in [-0.4, -0.2) is 28.8 Å². The lowest BCUT2D eigenvalue weighted by Crippen LogP contribution is -2.29. The van der Waals surface area contributed by atoms with Crippen molar-refractivity contribution in [2.45, 2.75) is 32.6 Å². The van der Waals surface area contributed by atoms with Crippen LogP contribution in [0.5, 0.6) is 0 Å². The van der Waals surface area contributed by atoms with E-state index in [0.717, 1.165) is 47.5 Å². The lowest BCUT2D eigenvalue weighted by molar-refractivity contribution is 0.102. The third-order valence-corrected chi connectivity index (χ3v) is 6.14. The highest BCUT2D eigenvalue weighted by molar-refractivity contribution is 9.10. The van der Waals surface area contributed by atoms with Crippen LogP contribution in [0.2, 0.25) is 0 Å². The van der Waals surface area contributed by atoms with E-state index < -0.39 is 0 Å². The first kappa shape index (κ1) is 19.9. The predicted octanol–water partition coefficient (Wildman–Crippen LogP) is 4.97. The monoisotopic (exact) mass is 452 g/mol. The lowest BCUT2D eigenvalue weighted by atomic mass is 9.91. The molecular weight excluding hydrogens is 428 g/mol. The van der Waals surface area contributed by atoms with E-state index >= 15 is 0 Å². The molecule has 1 aromatic heterocycles. The van der Waals surface area contributed by atoms with Gasteiger partial charge in [-0.15, -0.1) is 0 Å². The Hall–Kier alpha value is -2.44. The standard InChI is InChI=1S/C23H25BrN4O/c1-15-3-8-20(13-16(15)2)28-22(17-9-11-25-12-10-17)21(14-26-28)23(29)27-19-6-4-18(24)5-7-19/h3-8,13-14,17,25H,9-12H2,1-2H3,(H,27,29). The molecule has 150 valence electrons. The Morgan fingerprint density at radius 1 is 1.10 bits per heavy atom. The number of halogens is 1. The Bertz CT molecular complexity index is 1020. The molecule has 5 nitrogen and oxygen atoms in total. The molecule has 0 atom stereocenters. The number of anilines is 1. The quantitative estimate of drug-likeness (QED) is 0.587. The fourth-order valence-corrected chi connectivity index (χ4v) is 4.08. The zero-order valence-corrected chi connectivity index (χ0v) is 18.3. The van der Waals surface area contributed by atoms with Gasteiger partial charge in [-0.3, -0.25) is 4.79 Å². The molecule has 6 heteroatoms. The van der Waals surface area contributed by atoms with Crippen LogP contribution in [-0.2, 0) is 0 Å². The first-order valence-corrected chi connectivity index (χ1v) is 10.8. The minimum Gasteiger partial charge on any atom is -0.322 e. The van der Waals surface area contributed by atoms with Crippen molar-refractivity contribution in [2.75, 3.05) is 18.4 Å². The van der Waals surface area contributed by atoms with Crippen LogP contribution >= 0.6 is 15.9 Å². The number of hydrogen-bond donors (Lipinski definition) is 2. The molecule has 0 radical (unpaired) electrons. The van der Waals surface area contributed by atoms with Gasteiger partial charge in [0, 0.05) is 16.1 Å². The van der Waals surface area contributed by atoms with Crippen LogP contribution in [0.25, 0.3) is 5.69 Å². The summed E-state index contributed by atoms with van der Waals surface area (Å²) >= 11 is 3.43. The highest BCUT2D eigenvalue weighted by atomic mass is 79.9. The van der Waals surface area contributed by atoms with Gasteiger partial charge < -0.3 is 10.6 Å². The maximum Gasteiger partial charge on any atom is 0.259 e. The van der Waals surface area contributed by atoms with E-state index in [2.05, 4.69) is 63.7 Å². The van der Waals surface area contributed by atoms with E-state index in [4.69, 9.17) is 0 Å². The molecule has 29 heavy (non-hydrogen) atoms. The Labute approximate surface area is 179 Å². The number of piperidine rings is 1. The van der Waals surface area contributed by atoms with Gasteiger partial charge in [-0.1, -0.05) is 22.0 Å². The van der Waals surface area contributed by atoms with Crippen molar-refractivity contribution < 1.29 is 4.79 Å². The number of aryl methyl sites for hydroxylation is 2. The Morgan fingerprint density at radius 2 is 1.83 bits per heavy atom. The smallest absolute Gasteiger partial charge is 0.259 e. The molecule has 1 aliphatic heterocycles. The summed E-state index contributed by atoms with van der Waals surface area (Å²) in [5.74, 6) is 0.182. The van der Waals surface area contributed by atoms with Crippen molar-refractivity contribution in [1.29, 1.82) is 0 Å². The average Bonchev–Trinajstić information content (AvgIpc) is 3.18. The summed E-state index contributed by atoms with van der Waals surface area (Å²) in [4.78, 5) is 13.1. The fourth-order valence-electron chi connectivity index (χ4n) is 3.82. The molecule has 0 bridgehead atoms. The summed E-state index contributed by atoms with van der Waals surface area (Å²) in [7, 11) is 0. The molecule has 4 rings (SSSR count). The second kappa shape index (κ2) is 8.51. The van der Waals surface area contributed by atoms with Gasteiger partial charge in [0.15, 0.2) is 0 Å². The maximum atomic E-state index is 13.1. The van der Waals surface area contributed by atoms with Crippen molar-refractivity contribution in [3.63, 3.8) is 0 Å². The fraction of sp³-hybridized carbons (Fsp3) is 0.304. The van der Waals surface area contributed by atoms with E-state index in [1.165, 1.54) is 11.1 Å². The van der Waals surface area contributed by atoms with Gasteiger partial charge in [0.1, 0.15) is 0 Å². The van der Waals surface area contributed by atoms with Crippen molar-refractivity contribution >= 4 is 27.5 Å². The van der Waals surface area contributed by atoms with Crippen LogP contribution in [0.3, 0.4) is 0 Å². The molecule has 0 saturated carbocycles. The molecule has 2 aromatic carbocycles. The number of nitrogens with zero attached hydrogens (tertiary/aromatic N) is 2. The molecule has 1 amide bonds. The van der Waals surface area contributed by atoms with E-state index in [0.29, 0.717) is 11.5 Å². The Balaban J connectivity index is 1.72. The number of rotatable bonds is 4. The minimum atomic E-state index is -0.115. The highest BCUT2D eigenvalue weighted by Gasteiger charge is 2.27. The summed E-state index contributed by atoms with van der Waals surface area (Å²) in [5, 5.41) is 11.1. The second-order valence-electron chi connectivity index (χ2n) is 7.61. The number of aromatic nitrogens is 2. The van der Waals surface area contributed by atoms with Crippen molar-refractivity contribution in [3.05, 3.63) is 75.5 Å². The molecule has 2 heterocycles. The van der Waals surface area contributed by atoms with Crippen molar-refractivity contribution in [2.24, 2.45) is 0 Å². The van der Waals surface area contributed by atoms with Gasteiger partial charge in [0.25, 0.3) is 5.91 Å². The number of hydrogen-bond acceptors (Lipinski definition) is 3. The normalized spacial score (nSPS) is 14.7. The number of benzene rings is 2. The van der Waals surface area contributed by atoms with E-state index in [1.807, 2.05) is 28.9 Å². The summed E-state index contributed by atoms with van der Waals surface area (Å²) in [6, 6.07) is 13.9. The third-order valence-electron chi connectivity index (χ3n) is 5.61. The number of carbonyl (C=O) groups is 1. The van der Waals surface area contributed by atoms with Gasteiger partial charge in [-0.2, -0.15) is 5.10 Å². The molecular formula is C23H25BrN4O. The van der Waals surface area contributed by atoms with Crippen molar-refractivity contribution in [3.8, 4) is 5.69 Å². The molecule has 1 aliphatic rings. The SMILES string of the molecule is Cc1ccc(-n2ncc(C(=O)Nc3ccc(Br)cc3)c2C2CCNCC2)cc1C. The first-order valence-electron chi connectivity index (χ1n) is 9.96. The summed E-state index contributed by atoms with van der Waals surface area (Å²) in [6.45, 7) is 6.12. The van der Waals surface area contributed by atoms with E-state index in [-0.39, 0.29) is 5.91 Å². The van der Waals surface area contributed by atoms with Gasteiger partial charge >= 0.3 is 0 Å². The van der Waals surface area contributed by atoms with Crippen LogP contribution in [0.1, 0.15) is 45.9 Å². The molecule has 1 fully saturated rings. The van der Waals surface area contributed by atoms with E-state index in [9.17, 15) is 4.79 Å². The topological polar surface area (TPSA) is 59.0 Å². The van der Waals surface area contributed by atoms with Gasteiger partial charge in [-0.25, -0.2) is 4.68 Å². The molecule has 0 aliphatic carbocycles. The molecule has 2 N–H and O–H groups in total. The first-order chi connectivity index (χ1) is 14.0. The second-order valence-corrected chi connectivity index (χ2v) is 8.52. The average molecular weight is 453 g/mol. The zero-order valence-electron chi connectivity index (χ0n) is 16.7. The zero-order chi connectivity index (χ0) is 20.4. The molecule has 1 saturated heterocycles. The van der Waals surface area contributed by atoms with Crippen LogP contribution in [0.4, 0.5) is 5.69 Å². The molecule has 0 spiro atoms. The Morgan fingerprint density at radius 3 is 2.52 bits per heavy atom. The van der Waals surface area contributed by atoms with Gasteiger partial charge in [0.2, 0.25) is 0 Å². The van der Waals surface area contributed by atoms with E-state index in [1.54, 1.807) is 6.20 Å². The van der Waals surface area contributed by atoms with Gasteiger partial charge in [-0.05, 0) is 87.3 Å². The Kier molecular flexibility index (Phi) is 5.83. The number of amides is 1. The van der Waals surface area contributed by atoms with Crippen LogP contribution in [0, 0.1) is 13.8 Å². The minimum absolute atomic E-state index is 0.115. The predicted molar refractivity (Wildman–Crippen MR) is 120 cm³/mol. The third kappa shape index (κ3) is 4.28. The summed E-state index contributed by atoms with van der Waals surface area (Å²) in [6.07, 6.45) is 3.70. The highest BCUT2D eigenvalue weighted by Crippen LogP contribution is 2.31. The summed E-state index contributed by atoms with van der Waals surface area (Å²) < 4.78 is 2.94. The van der Waals surface area contributed by atoms with Gasteiger partial charge in [0.05, 0.1) is 23.1 Å². The molecule has 3 aromatic rings. The number of nitrogens with one attached hydrogen (secondary N) is 2. The van der Waals surface area contributed by atoms with Crippen LogP contribution in [0.15, 0.2) is 53.1 Å². The molecule has 0 unspecified atom stereocenters. The number of carbonyl (C=O) groups excluding carboxylic acids is 1.